The first-order valence-electron chi connectivity index (χ1n) is 9.80. The lowest BCUT2D eigenvalue weighted by molar-refractivity contribution is 0.415. The summed E-state index contributed by atoms with van der Waals surface area (Å²) in [6.07, 6.45) is 3.06. The number of benzene rings is 3. The fraction of sp³-hybridized carbons (Fsp3) is 0.0370. The second-order valence-corrected chi connectivity index (χ2v) is 6.78. The van der Waals surface area contributed by atoms with Crippen LogP contribution in [0.25, 0.3) is 12.2 Å². The van der Waals surface area contributed by atoms with Gasteiger partial charge in [0.25, 0.3) is 0 Å². The largest absolute Gasteiger partial charge is 0.497 e. The van der Waals surface area contributed by atoms with Crippen LogP contribution in [0, 0.1) is 45.3 Å². The van der Waals surface area contributed by atoms with E-state index in [2.05, 4.69) is 0 Å². The maximum atomic E-state index is 8.98. The van der Waals surface area contributed by atoms with Gasteiger partial charge in [-0.25, -0.2) is 0 Å². The van der Waals surface area contributed by atoms with Crippen LogP contribution in [0.1, 0.15) is 11.1 Å². The quantitative estimate of drug-likeness (QED) is 0.445. The average molecular weight is 427 g/mol. The zero-order valence-electron chi connectivity index (χ0n) is 17.7. The summed E-state index contributed by atoms with van der Waals surface area (Å²) in [6, 6.07) is 30.0. The minimum atomic E-state index is 0.0347. The van der Waals surface area contributed by atoms with E-state index in [0.29, 0.717) is 0 Å². The second-order valence-electron chi connectivity index (χ2n) is 6.78. The van der Waals surface area contributed by atoms with E-state index >= 15 is 0 Å². The first-order valence-corrected chi connectivity index (χ1v) is 9.80. The molecule has 0 aromatic heterocycles. The Kier molecular flexibility index (Phi) is 7.22. The lowest BCUT2D eigenvalue weighted by atomic mass is 10.1. The highest BCUT2D eigenvalue weighted by atomic mass is 16.5. The zero-order chi connectivity index (χ0) is 23.6. The highest BCUT2D eigenvalue weighted by Gasteiger charge is 2.13. The molecule has 0 heterocycles. The van der Waals surface area contributed by atoms with Crippen LogP contribution >= 0.6 is 0 Å². The summed E-state index contributed by atoms with van der Waals surface area (Å²) >= 11 is 0. The molecule has 0 bridgehead atoms. The SMILES string of the molecule is COc1ccc(N(c2ccc(C=C(C#N)C#N)cc2)c2ccc(C=C(C#N)C#N)cc2)cc1. The van der Waals surface area contributed by atoms with Gasteiger partial charge in [-0.3, -0.25) is 0 Å². The number of rotatable bonds is 6. The number of nitrogens with zero attached hydrogens (tertiary/aromatic N) is 5. The summed E-state index contributed by atoms with van der Waals surface area (Å²) in [5.74, 6) is 0.737. The number of allylic oxidation sites excluding steroid dienone is 2. The molecule has 3 aromatic rings. The van der Waals surface area contributed by atoms with Crippen molar-refractivity contribution in [3.63, 3.8) is 0 Å². The Hall–Kier alpha value is -5.30. The van der Waals surface area contributed by atoms with Crippen molar-refractivity contribution in [3.05, 3.63) is 95.1 Å². The van der Waals surface area contributed by atoms with E-state index in [1.54, 1.807) is 7.11 Å². The van der Waals surface area contributed by atoms with E-state index in [9.17, 15) is 0 Å². The minimum Gasteiger partial charge on any atom is -0.497 e. The molecule has 0 N–H and O–H groups in total. The first kappa shape index (κ1) is 22.4. The molecule has 6 heteroatoms. The van der Waals surface area contributed by atoms with Gasteiger partial charge in [-0.2, -0.15) is 21.0 Å². The number of hydrogen-bond acceptors (Lipinski definition) is 6. The number of hydrogen-bond donors (Lipinski definition) is 0. The molecule has 0 aliphatic carbocycles. The third-order valence-corrected chi connectivity index (χ3v) is 4.74. The van der Waals surface area contributed by atoms with Gasteiger partial charge in [-0.1, -0.05) is 24.3 Å². The van der Waals surface area contributed by atoms with E-state index in [1.807, 2.05) is 102 Å². The summed E-state index contributed by atoms with van der Waals surface area (Å²) in [7, 11) is 1.61. The predicted molar refractivity (Wildman–Crippen MR) is 126 cm³/mol. The average Bonchev–Trinajstić information content (AvgIpc) is 2.88. The molecule has 0 spiro atoms. The van der Waals surface area contributed by atoms with Gasteiger partial charge in [0.05, 0.1) is 7.11 Å². The molecule has 0 unspecified atom stereocenters. The summed E-state index contributed by atoms with van der Waals surface area (Å²) in [5.41, 5.74) is 4.18. The fourth-order valence-corrected chi connectivity index (χ4v) is 3.13. The lowest BCUT2D eigenvalue weighted by Gasteiger charge is -2.26. The highest BCUT2D eigenvalue weighted by Crippen LogP contribution is 2.35. The molecule has 33 heavy (non-hydrogen) atoms. The standard InChI is InChI=1S/C27H17N5O/c1-33-27-12-10-26(11-13-27)32(24-6-2-20(3-7-24)14-22(16-28)17-29)25-8-4-21(5-9-25)15-23(18-30)19-31/h2-15H,1H3. The third-order valence-electron chi connectivity index (χ3n) is 4.74. The molecule has 3 rings (SSSR count). The van der Waals surface area contributed by atoms with Crippen molar-refractivity contribution in [3.8, 4) is 30.0 Å². The fourth-order valence-electron chi connectivity index (χ4n) is 3.13. The van der Waals surface area contributed by atoms with Gasteiger partial charge < -0.3 is 9.64 Å². The van der Waals surface area contributed by atoms with Gasteiger partial charge in [0.2, 0.25) is 0 Å². The molecule has 3 aromatic carbocycles. The van der Waals surface area contributed by atoms with Crippen LogP contribution < -0.4 is 9.64 Å². The van der Waals surface area contributed by atoms with Gasteiger partial charge in [0.1, 0.15) is 41.2 Å². The monoisotopic (exact) mass is 427 g/mol. The maximum Gasteiger partial charge on any atom is 0.130 e. The topological polar surface area (TPSA) is 108 Å². The Labute approximate surface area is 192 Å². The van der Waals surface area contributed by atoms with Gasteiger partial charge in [0, 0.05) is 17.1 Å². The van der Waals surface area contributed by atoms with Gasteiger partial charge in [0.15, 0.2) is 0 Å². The summed E-state index contributed by atoms with van der Waals surface area (Å²) < 4.78 is 5.27. The molecular formula is C27H17N5O. The van der Waals surface area contributed by atoms with E-state index in [4.69, 9.17) is 25.8 Å². The van der Waals surface area contributed by atoms with Crippen molar-refractivity contribution in [2.75, 3.05) is 12.0 Å². The molecule has 6 nitrogen and oxygen atoms in total. The smallest absolute Gasteiger partial charge is 0.130 e. The van der Waals surface area contributed by atoms with Crippen LogP contribution in [-0.2, 0) is 0 Å². The molecule has 0 saturated carbocycles. The van der Waals surface area contributed by atoms with Crippen LogP contribution in [0.15, 0.2) is 83.9 Å². The Morgan fingerprint density at radius 2 is 0.939 bits per heavy atom. The first-order chi connectivity index (χ1) is 16.1. The molecule has 0 fully saturated rings. The predicted octanol–water partition coefficient (Wildman–Crippen LogP) is 6.03. The van der Waals surface area contributed by atoms with Crippen LogP contribution in [0.5, 0.6) is 5.75 Å². The van der Waals surface area contributed by atoms with Crippen molar-refractivity contribution in [2.24, 2.45) is 0 Å². The molecule has 0 aliphatic rings. The Bertz CT molecular complexity index is 1240. The Balaban J connectivity index is 2.04. The Morgan fingerprint density at radius 3 is 1.24 bits per heavy atom. The lowest BCUT2D eigenvalue weighted by Crippen LogP contribution is -2.09. The minimum absolute atomic E-state index is 0.0347. The zero-order valence-corrected chi connectivity index (χ0v) is 17.7. The second kappa shape index (κ2) is 10.6. The molecule has 0 atom stereocenters. The summed E-state index contributed by atoms with van der Waals surface area (Å²) in [5, 5.41) is 35.9. The molecule has 156 valence electrons. The molecule has 0 aliphatic heterocycles. The van der Waals surface area contributed by atoms with Crippen molar-refractivity contribution >= 4 is 29.2 Å². The highest BCUT2D eigenvalue weighted by molar-refractivity contribution is 5.78. The summed E-state index contributed by atoms with van der Waals surface area (Å²) in [4.78, 5) is 2.03. The number of ether oxygens (including phenoxy) is 1. The van der Waals surface area contributed by atoms with Gasteiger partial charge >= 0.3 is 0 Å². The number of nitriles is 4. The van der Waals surface area contributed by atoms with E-state index in [1.165, 1.54) is 12.2 Å². The van der Waals surface area contributed by atoms with Crippen molar-refractivity contribution in [2.45, 2.75) is 0 Å². The van der Waals surface area contributed by atoms with Crippen LogP contribution in [0.3, 0.4) is 0 Å². The molecule has 0 radical (unpaired) electrons. The van der Waals surface area contributed by atoms with Crippen molar-refractivity contribution < 1.29 is 4.74 Å². The van der Waals surface area contributed by atoms with E-state index < -0.39 is 0 Å². The number of anilines is 3. The van der Waals surface area contributed by atoms with Crippen LogP contribution in [0.4, 0.5) is 17.1 Å². The van der Waals surface area contributed by atoms with E-state index in [-0.39, 0.29) is 11.1 Å². The molecule has 0 amide bonds. The van der Waals surface area contributed by atoms with E-state index in [0.717, 1.165) is 33.9 Å². The summed E-state index contributed by atoms with van der Waals surface area (Å²) in [6.45, 7) is 0. The normalized spacial score (nSPS) is 9.24. The van der Waals surface area contributed by atoms with Gasteiger partial charge in [-0.15, -0.1) is 0 Å². The molecular weight excluding hydrogens is 410 g/mol. The van der Waals surface area contributed by atoms with Crippen LogP contribution in [-0.4, -0.2) is 7.11 Å². The third kappa shape index (κ3) is 5.44. The van der Waals surface area contributed by atoms with Crippen molar-refractivity contribution in [1.29, 1.82) is 21.0 Å². The Morgan fingerprint density at radius 1 is 0.606 bits per heavy atom. The van der Waals surface area contributed by atoms with Gasteiger partial charge in [-0.05, 0) is 71.8 Å². The maximum absolute atomic E-state index is 8.98. The molecule has 0 saturated heterocycles. The van der Waals surface area contributed by atoms with Crippen LogP contribution in [0.2, 0.25) is 0 Å². The number of methoxy groups -OCH3 is 1. The van der Waals surface area contributed by atoms with Crippen molar-refractivity contribution in [1.82, 2.24) is 0 Å².